The standard InChI is InChI=1S/C5H8N4.C3H8/c6-5-4(9-7)2-1-3-8-5;1-3-2/h1-3,9H,7H2,(H2,6,8);3H2,1-2H3. The van der Waals surface area contributed by atoms with Crippen LogP contribution in [0.15, 0.2) is 18.3 Å². The van der Waals surface area contributed by atoms with E-state index in [0.717, 1.165) is 0 Å². The second-order valence-electron chi connectivity index (χ2n) is 2.29. The molecule has 0 saturated carbocycles. The fraction of sp³-hybridized carbons (Fsp3) is 0.375. The van der Waals surface area contributed by atoms with Crippen molar-refractivity contribution in [2.75, 3.05) is 11.2 Å². The SMILES string of the molecule is CCC.NNc1cccnc1N. The highest BCUT2D eigenvalue weighted by molar-refractivity contribution is 5.59. The average molecular weight is 168 g/mol. The van der Waals surface area contributed by atoms with Gasteiger partial charge in [-0.15, -0.1) is 0 Å². The third-order valence-electron chi connectivity index (χ3n) is 0.994. The third kappa shape index (κ3) is 3.78. The van der Waals surface area contributed by atoms with Crippen molar-refractivity contribution in [3.05, 3.63) is 18.3 Å². The molecule has 1 aromatic rings. The number of aromatic nitrogens is 1. The summed E-state index contributed by atoms with van der Waals surface area (Å²) in [6.07, 6.45) is 2.86. The van der Waals surface area contributed by atoms with Crippen LogP contribution in [0, 0.1) is 0 Å². The molecule has 0 atom stereocenters. The number of nitrogens with one attached hydrogen (secondary N) is 1. The highest BCUT2D eigenvalue weighted by Crippen LogP contribution is 2.10. The van der Waals surface area contributed by atoms with Crippen LogP contribution < -0.4 is 17.0 Å². The molecule has 4 nitrogen and oxygen atoms in total. The summed E-state index contributed by atoms with van der Waals surface area (Å²) in [6, 6.07) is 3.51. The molecule has 0 unspecified atom stereocenters. The van der Waals surface area contributed by atoms with Gasteiger partial charge in [-0.3, -0.25) is 5.84 Å². The Labute approximate surface area is 73.0 Å². The summed E-state index contributed by atoms with van der Waals surface area (Å²) in [4.78, 5) is 3.79. The summed E-state index contributed by atoms with van der Waals surface area (Å²) in [6.45, 7) is 4.25. The smallest absolute Gasteiger partial charge is 0.148 e. The molecule has 0 aliphatic rings. The van der Waals surface area contributed by atoms with Gasteiger partial charge in [-0.05, 0) is 12.1 Å². The van der Waals surface area contributed by atoms with Crippen molar-refractivity contribution < 1.29 is 0 Å². The third-order valence-corrected chi connectivity index (χ3v) is 0.994. The normalized spacial score (nSPS) is 8.25. The Kier molecular flexibility index (Phi) is 5.73. The highest BCUT2D eigenvalue weighted by atomic mass is 15.2. The molecule has 0 aliphatic heterocycles. The van der Waals surface area contributed by atoms with Crippen LogP contribution in [0.5, 0.6) is 0 Å². The predicted molar refractivity (Wildman–Crippen MR) is 52.4 cm³/mol. The zero-order chi connectivity index (χ0) is 9.40. The van der Waals surface area contributed by atoms with Crippen molar-refractivity contribution in [1.82, 2.24) is 4.98 Å². The summed E-state index contributed by atoms with van der Waals surface area (Å²) in [5.41, 5.74) is 8.44. The van der Waals surface area contributed by atoms with E-state index in [1.54, 1.807) is 18.3 Å². The number of anilines is 2. The van der Waals surface area contributed by atoms with E-state index in [-0.39, 0.29) is 0 Å². The van der Waals surface area contributed by atoms with Crippen molar-refractivity contribution in [2.24, 2.45) is 5.84 Å². The number of nitrogen functional groups attached to an aromatic ring is 2. The van der Waals surface area contributed by atoms with Crippen LogP contribution in [0.4, 0.5) is 11.5 Å². The first-order valence-corrected chi connectivity index (χ1v) is 3.93. The minimum absolute atomic E-state index is 0.417. The van der Waals surface area contributed by atoms with E-state index in [2.05, 4.69) is 24.3 Å². The van der Waals surface area contributed by atoms with Crippen molar-refractivity contribution >= 4 is 11.5 Å². The number of hydrogen-bond donors (Lipinski definition) is 3. The number of rotatable bonds is 1. The van der Waals surface area contributed by atoms with Gasteiger partial charge < -0.3 is 11.2 Å². The van der Waals surface area contributed by atoms with E-state index in [1.165, 1.54) is 6.42 Å². The summed E-state index contributed by atoms with van der Waals surface area (Å²) in [7, 11) is 0. The zero-order valence-corrected chi connectivity index (χ0v) is 7.54. The predicted octanol–water partition coefficient (Wildman–Crippen LogP) is 1.37. The number of nitrogens with two attached hydrogens (primary N) is 2. The second-order valence-corrected chi connectivity index (χ2v) is 2.29. The van der Waals surface area contributed by atoms with Gasteiger partial charge in [0, 0.05) is 6.20 Å². The Morgan fingerprint density at radius 3 is 2.42 bits per heavy atom. The topological polar surface area (TPSA) is 77.0 Å². The van der Waals surface area contributed by atoms with E-state index >= 15 is 0 Å². The maximum atomic E-state index is 5.38. The molecule has 68 valence electrons. The van der Waals surface area contributed by atoms with Crippen LogP contribution >= 0.6 is 0 Å². The van der Waals surface area contributed by atoms with E-state index in [0.29, 0.717) is 11.5 Å². The van der Waals surface area contributed by atoms with Gasteiger partial charge in [0.05, 0.1) is 5.69 Å². The van der Waals surface area contributed by atoms with Crippen molar-refractivity contribution in [1.29, 1.82) is 0 Å². The van der Waals surface area contributed by atoms with Crippen LogP contribution in [0.3, 0.4) is 0 Å². The molecule has 0 amide bonds. The van der Waals surface area contributed by atoms with Crippen LogP contribution in [0.25, 0.3) is 0 Å². The van der Waals surface area contributed by atoms with Crippen molar-refractivity contribution in [3.63, 3.8) is 0 Å². The number of hydrogen-bond acceptors (Lipinski definition) is 4. The Bertz CT molecular complexity index is 212. The lowest BCUT2D eigenvalue weighted by Gasteiger charge is -1.99. The number of nitrogens with zero attached hydrogens (tertiary/aromatic N) is 1. The van der Waals surface area contributed by atoms with Gasteiger partial charge in [0.15, 0.2) is 0 Å². The lowest BCUT2D eigenvalue weighted by Crippen LogP contribution is -2.09. The molecule has 0 aliphatic carbocycles. The Morgan fingerprint density at radius 1 is 1.50 bits per heavy atom. The first-order valence-electron chi connectivity index (χ1n) is 3.93. The monoisotopic (exact) mass is 168 g/mol. The molecule has 0 aromatic carbocycles. The van der Waals surface area contributed by atoms with E-state index in [9.17, 15) is 0 Å². The number of pyridine rings is 1. The van der Waals surface area contributed by atoms with Crippen LogP contribution in [-0.4, -0.2) is 4.98 Å². The lowest BCUT2D eigenvalue weighted by atomic mass is 10.4. The lowest BCUT2D eigenvalue weighted by molar-refractivity contribution is 1.09. The summed E-state index contributed by atoms with van der Waals surface area (Å²) in [5.74, 6) is 5.50. The molecule has 0 bridgehead atoms. The molecule has 1 heterocycles. The molecule has 12 heavy (non-hydrogen) atoms. The molecule has 4 heteroatoms. The Morgan fingerprint density at radius 2 is 2.08 bits per heavy atom. The van der Waals surface area contributed by atoms with Gasteiger partial charge in [-0.1, -0.05) is 20.3 Å². The highest BCUT2D eigenvalue weighted by Gasteiger charge is 1.91. The van der Waals surface area contributed by atoms with E-state index < -0.39 is 0 Å². The van der Waals surface area contributed by atoms with Crippen molar-refractivity contribution in [2.45, 2.75) is 20.3 Å². The van der Waals surface area contributed by atoms with Gasteiger partial charge in [0.1, 0.15) is 5.82 Å². The second kappa shape index (κ2) is 6.42. The first kappa shape index (κ1) is 10.7. The number of hydrazine groups is 1. The maximum Gasteiger partial charge on any atom is 0.148 e. The maximum absolute atomic E-state index is 5.38. The molecule has 5 N–H and O–H groups in total. The molecular formula is C8H16N4. The fourth-order valence-electron chi connectivity index (χ4n) is 0.540. The van der Waals surface area contributed by atoms with Crippen LogP contribution in [0.2, 0.25) is 0 Å². The Balaban J connectivity index is 0.000000354. The molecule has 0 saturated heterocycles. The van der Waals surface area contributed by atoms with Crippen LogP contribution in [0.1, 0.15) is 20.3 Å². The Hall–Kier alpha value is -1.29. The molecular weight excluding hydrogens is 152 g/mol. The fourth-order valence-corrected chi connectivity index (χ4v) is 0.540. The van der Waals surface area contributed by atoms with Crippen LogP contribution in [-0.2, 0) is 0 Å². The largest absolute Gasteiger partial charge is 0.382 e. The van der Waals surface area contributed by atoms with E-state index in [4.69, 9.17) is 11.6 Å². The van der Waals surface area contributed by atoms with Crippen molar-refractivity contribution in [3.8, 4) is 0 Å². The summed E-state index contributed by atoms with van der Waals surface area (Å²) in [5, 5.41) is 0. The minimum atomic E-state index is 0.417. The summed E-state index contributed by atoms with van der Waals surface area (Å²) < 4.78 is 0. The zero-order valence-electron chi connectivity index (χ0n) is 7.54. The van der Waals surface area contributed by atoms with E-state index in [1.807, 2.05) is 0 Å². The van der Waals surface area contributed by atoms with Gasteiger partial charge in [0.2, 0.25) is 0 Å². The van der Waals surface area contributed by atoms with Gasteiger partial charge in [-0.25, -0.2) is 4.98 Å². The summed E-state index contributed by atoms with van der Waals surface area (Å²) >= 11 is 0. The van der Waals surface area contributed by atoms with Gasteiger partial charge >= 0.3 is 0 Å². The van der Waals surface area contributed by atoms with Gasteiger partial charge in [-0.2, -0.15) is 0 Å². The first-order chi connectivity index (χ1) is 5.76. The molecule has 0 fully saturated rings. The molecule has 0 spiro atoms. The molecule has 1 rings (SSSR count). The minimum Gasteiger partial charge on any atom is -0.382 e. The average Bonchev–Trinajstić information content (AvgIpc) is 2.07. The molecule has 0 radical (unpaired) electrons. The molecule has 1 aromatic heterocycles. The van der Waals surface area contributed by atoms with Gasteiger partial charge in [0.25, 0.3) is 0 Å². The quantitative estimate of drug-likeness (QED) is 0.437.